The molecule has 0 saturated carbocycles. The minimum atomic E-state index is -0.436. The van der Waals surface area contributed by atoms with Gasteiger partial charge in [0.15, 0.2) is 5.16 Å². The Kier molecular flexibility index (Phi) is 6.49. The van der Waals surface area contributed by atoms with Crippen LogP contribution < -0.4 is 10.9 Å². The Morgan fingerprint density at radius 1 is 1.14 bits per heavy atom. The molecule has 7 heteroatoms. The molecule has 0 aliphatic heterocycles. The van der Waals surface area contributed by atoms with Crippen LogP contribution in [0.4, 0.5) is 5.69 Å². The largest absolute Gasteiger partial charge is 0.383 e. The van der Waals surface area contributed by atoms with Crippen LogP contribution in [-0.2, 0) is 9.53 Å². The molecule has 1 heterocycles. The van der Waals surface area contributed by atoms with Crippen molar-refractivity contribution in [1.29, 1.82) is 0 Å². The van der Waals surface area contributed by atoms with Crippen molar-refractivity contribution < 1.29 is 9.53 Å². The van der Waals surface area contributed by atoms with E-state index >= 15 is 0 Å². The zero-order chi connectivity index (χ0) is 20.1. The number of carbonyl (C=O) groups is 1. The molecule has 0 aliphatic carbocycles. The molecule has 6 nitrogen and oxygen atoms in total. The maximum Gasteiger partial charge on any atom is 0.262 e. The molecular formula is C21H23N3O3S. The predicted octanol–water partition coefficient (Wildman–Crippen LogP) is 3.72. The van der Waals surface area contributed by atoms with Crippen molar-refractivity contribution in [2.75, 3.05) is 19.0 Å². The fourth-order valence-corrected chi connectivity index (χ4v) is 3.90. The van der Waals surface area contributed by atoms with E-state index in [0.29, 0.717) is 22.7 Å². The third-order valence-corrected chi connectivity index (χ3v) is 5.38. The summed E-state index contributed by atoms with van der Waals surface area (Å²) < 4.78 is 6.85. The number of para-hydroxylation sites is 2. The lowest BCUT2D eigenvalue weighted by Gasteiger charge is -2.20. The molecule has 0 saturated heterocycles. The average Bonchev–Trinajstić information content (AvgIpc) is 2.69. The molecule has 146 valence electrons. The standard InChI is InChI=1S/C21H23N3O3S/c1-14(13-27-3)24-20(26)17-11-7-8-12-18(17)23-21(24)28-15(2)19(25)22-16-9-5-4-6-10-16/h4-12,14-15H,13H2,1-3H3,(H,22,25)/t14-,15+/m1/s1. The number of nitrogens with zero attached hydrogens (tertiary/aromatic N) is 2. The Balaban J connectivity index is 1.93. The monoisotopic (exact) mass is 397 g/mol. The molecule has 1 amide bonds. The second-order valence-corrected chi connectivity index (χ2v) is 7.81. The van der Waals surface area contributed by atoms with Crippen molar-refractivity contribution >= 4 is 34.3 Å². The van der Waals surface area contributed by atoms with Gasteiger partial charge in [0.1, 0.15) is 0 Å². The van der Waals surface area contributed by atoms with E-state index in [4.69, 9.17) is 4.74 Å². The summed E-state index contributed by atoms with van der Waals surface area (Å²) in [7, 11) is 1.60. The number of rotatable bonds is 7. The number of methoxy groups -OCH3 is 1. The van der Waals surface area contributed by atoms with E-state index in [1.807, 2.05) is 49.4 Å². The Labute approximate surface area is 167 Å². The average molecular weight is 398 g/mol. The van der Waals surface area contributed by atoms with Crippen LogP contribution in [0.25, 0.3) is 10.9 Å². The van der Waals surface area contributed by atoms with E-state index in [0.717, 1.165) is 5.69 Å². The number of fused-ring (bicyclic) bond motifs is 1. The molecule has 0 bridgehead atoms. The van der Waals surface area contributed by atoms with Gasteiger partial charge in [0.2, 0.25) is 5.91 Å². The number of hydrogen-bond acceptors (Lipinski definition) is 5. The summed E-state index contributed by atoms with van der Waals surface area (Å²) in [4.78, 5) is 30.3. The van der Waals surface area contributed by atoms with Gasteiger partial charge in [-0.1, -0.05) is 42.1 Å². The molecule has 1 N–H and O–H groups in total. The SMILES string of the molecule is COC[C@@H](C)n1c(S[C@@H](C)C(=O)Nc2ccccc2)nc2ccccc2c1=O. The first-order chi connectivity index (χ1) is 13.5. The fourth-order valence-electron chi connectivity index (χ4n) is 2.89. The van der Waals surface area contributed by atoms with E-state index in [-0.39, 0.29) is 17.5 Å². The lowest BCUT2D eigenvalue weighted by atomic mass is 10.2. The number of hydrogen-bond donors (Lipinski definition) is 1. The molecule has 0 radical (unpaired) electrons. The Hall–Kier alpha value is -2.64. The minimum absolute atomic E-state index is 0.131. The summed E-state index contributed by atoms with van der Waals surface area (Å²) in [5.41, 5.74) is 1.22. The zero-order valence-corrected chi connectivity index (χ0v) is 16.9. The van der Waals surface area contributed by atoms with Gasteiger partial charge in [-0.25, -0.2) is 4.98 Å². The van der Waals surface area contributed by atoms with Crippen LogP contribution in [0.1, 0.15) is 19.9 Å². The molecule has 28 heavy (non-hydrogen) atoms. The number of amides is 1. The first-order valence-electron chi connectivity index (χ1n) is 9.04. The van der Waals surface area contributed by atoms with Crippen LogP contribution in [0.15, 0.2) is 64.5 Å². The van der Waals surface area contributed by atoms with Crippen molar-refractivity contribution in [3.8, 4) is 0 Å². The molecule has 0 fully saturated rings. The molecular weight excluding hydrogens is 374 g/mol. The van der Waals surface area contributed by atoms with Gasteiger partial charge in [-0.05, 0) is 38.1 Å². The first-order valence-corrected chi connectivity index (χ1v) is 9.92. The van der Waals surface area contributed by atoms with Crippen LogP contribution in [0.3, 0.4) is 0 Å². The van der Waals surface area contributed by atoms with Gasteiger partial charge in [0, 0.05) is 12.8 Å². The van der Waals surface area contributed by atoms with Gasteiger partial charge in [-0.15, -0.1) is 0 Å². The Bertz CT molecular complexity index is 1020. The van der Waals surface area contributed by atoms with Gasteiger partial charge in [-0.3, -0.25) is 14.2 Å². The van der Waals surface area contributed by atoms with Crippen LogP contribution in [-0.4, -0.2) is 34.4 Å². The molecule has 2 atom stereocenters. The highest BCUT2D eigenvalue weighted by Gasteiger charge is 2.22. The maximum atomic E-state index is 13.1. The highest BCUT2D eigenvalue weighted by Crippen LogP contribution is 2.26. The number of nitrogens with one attached hydrogen (secondary N) is 1. The number of aromatic nitrogens is 2. The van der Waals surface area contributed by atoms with E-state index in [2.05, 4.69) is 10.3 Å². The topological polar surface area (TPSA) is 73.2 Å². The number of benzene rings is 2. The summed E-state index contributed by atoms with van der Waals surface area (Å²) in [6.45, 7) is 4.08. The Morgan fingerprint density at radius 2 is 1.82 bits per heavy atom. The third-order valence-electron chi connectivity index (χ3n) is 4.32. The van der Waals surface area contributed by atoms with Crippen molar-refractivity contribution in [1.82, 2.24) is 9.55 Å². The molecule has 2 aromatic carbocycles. The zero-order valence-electron chi connectivity index (χ0n) is 16.1. The number of anilines is 1. The van der Waals surface area contributed by atoms with Crippen molar-refractivity contribution in [2.45, 2.75) is 30.3 Å². The van der Waals surface area contributed by atoms with Gasteiger partial charge in [-0.2, -0.15) is 0 Å². The highest BCUT2D eigenvalue weighted by molar-refractivity contribution is 8.00. The number of thioether (sulfide) groups is 1. The Morgan fingerprint density at radius 3 is 2.54 bits per heavy atom. The summed E-state index contributed by atoms with van der Waals surface area (Å²) in [6, 6.07) is 16.3. The third kappa shape index (κ3) is 4.43. The van der Waals surface area contributed by atoms with Gasteiger partial charge >= 0.3 is 0 Å². The lowest BCUT2D eigenvalue weighted by molar-refractivity contribution is -0.115. The molecule has 3 aromatic rings. The highest BCUT2D eigenvalue weighted by atomic mass is 32.2. The fraction of sp³-hybridized carbons (Fsp3) is 0.286. The van der Waals surface area contributed by atoms with E-state index < -0.39 is 5.25 Å². The predicted molar refractivity (Wildman–Crippen MR) is 113 cm³/mol. The molecule has 1 aromatic heterocycles. The van der Waals surface area contributed by atoms with Crippen LogP contribution in [0, 0.1) is 0 Å². The van der Waals surface area contributed by atoms with E-state index in [1.165, 1.54) is 11.8 Å². The summed E-state index contributed by atoms with van der Waals surface area (Å²) >= 11 is 1.26. The van der Waals surface area contributed by atoms with E-state index in [9.17, 15) is 9.59 Å². The summed E-state index contributed by atoms with van der Waals surface area (Å²) in [5.74, 6) is -0.149. The van der Waals surface area contributed by atoms with Crippen LogP contribution >= 0.6 is 11.8 Å². The van der Waals surface area contributed by atoms with Crippen LogP contribution in [0.2, 0.25) is 0 Å². The second-order valence-electron chi connectivity index (χ2n) is 6.51. The molecule has 3 rings (SSSR count). The molecule has 0 spiro atoms. The van der Waals surface area contributed by atoms with Gasteiger partial charge in [0.05, 0.1) is 28.8 Å². The van der Waals surface area contributed by atoms with Gasteiger partial charge in [0.25, 0.3) is 5.56 Å². The van der Waals surface area contributed by atoms with Crippen molar-refractivity contribution in [3.05, 3.63) is 65.0 Å². The normalized spacial score (nSPS) is 13.2. The first kappa shape index (κ1) is 20.1. The van der Waals surface area contributed by atoms with Gasteiger partial charge < -0.3 is 10.1 Å². The summed E-state index contributed by atoms with van der Waals surface area (Å²) in [5, 5.41) is 3.51. The smallest absolute Gasteiger partial charge is 0.262 e. The number of carbonyl (C=O) groups excluding carboxylic acids is 1. The van der Waals surface area contributed by atoms with Crippen molar-refractivity contribution in [3.63, 3.8) is 0 Å². The van der Waals surface area contributed by atoms with Crippen LogP contribution in [0.5, 0.6) is 0 Å². The number of ether oxygens (including phenoxy) is 1. The molecule has 0 aliphatic rings. The second kappa shape index (κ2) is 9.03. The lowest BCUT2D eigenvalue weighted by Crippen LogP contribution is -2.30. The van der Waals surface area contributed by atoms with Crippen molar-refractivity contribution in [2.24, 2.45) is 0 Å². The minimum Gasteiger partial charge on any atom is -0.383 e. The maximum absolute atomic E-state index is 13.1. The quantitative estimate of drug-likeness (QED) is 0.486. The van der Waals surface area contributed by atoms with E-state index in [1.54, 1.807) is 30.7 Å². The summed E-state index contributed by atoms with van der Waals surface area (Å²) in [6.07, 6.45) is 0. The molecule has 0 unspecified atom stereocenters.